The molecule has 176 valence electrons. The lowest BCUT2D eigenvalue weighted by Crippen LogP contribution is -2.09. The van der Waals surface area contributed by atoms with Crippen LogP contribution in [0.4, 0.5) is 5.69 Å². The molecule has 8 heteroatoms. The summed E-state index contributed by atoms with van der Waals surface area (Å²) in [5.74, 6) is 0.541. The monoisotopic (exact) mass is 463 g/mol. The number of benzene rings is 3. The van der Waals surface area contributed by atoms with Crippen LogP contribution in [0.3, 0.4) is 0 Å². The largest absolute Gasteiger partial charge is 0.493 e. The van der Waals surface area contributed by atoms with Crippen molar-refractivity contribution in [3.63, 3.8) is 0 Å². The fourth-order valence-electron chi connectivity index (χ4n) is 3.03. The molecule has 0 saturated carbocycles. The van der Waals surface area contributed by atoms with E-state index >= 15 is 0 Å². The molecule has 0 atom stereocenters. The van der Waals surface area contributed by atoms with Gasteiger partial charge in [0.1, 0.15) is 5.75 Å². The molecule has 3 aromatic rings. The summed E-state index contributed by atoms with van der Waals surface area (Å²) in [5.41, 5.74) is 2.22. The molecule has 34 heavy (non-hydrogen) atoms. The van der Waals surface area contributed by atoms with E-state index in [0.29, 0.717) is 40.9 Å². The predicted octanol–water partition coefficient (Wildman–Crippen LogP) is 4.86. The van der Waals surface area contributed by atoms with Crippen molar-refractivity contribution in [2.75, 3.05) is 27.9 Å². The summed E-state index contributed by atoms with van der Waals surface area (Å²) in [4.78, 5) is 28.7. The molecule has 0 unspecified atom stereocenters. The van der Waals surface area contributed by atoms with E-state index in [9.17, 15) is 9.59 Å². The smallest absolute Gasteiger partial charge is 0.343 e. The van der Waals surface area contributed by atoms with Crippen LogP contribution in [0, 0.1) is 0 Å². The van der Waals surface area contributed by atoms with Crippen LogP contribution >= 0.6 is 0 Å². The van der Waals surface area contributed by atoms with Crippen molar-refractivity contribution in [1.82, 2.24) is 0 Å². The fraction of sp³-hybridized carbons (Fsp3) is 0.192. The Morgan fingerprint density at radius 3 is 1.94 bits per heavy atom. The van der Waals surface area contributed by atoms with Gasteiger partial charge in [0.15, 0.2) is 11.5 Å². The molecule has 8 nitrogen and oxygen atoms in total. The first-order valence-electron chi connectivity index (χ1n) is 10.4. The SMILES string of the molecule is CCOC(=O)c1ccc(N=Cc2ccc(OC(=O)c3cc(OC)c(OC)c(OC)c3)cc2)cc1. The van der Waals surface area contributed by atoms with E-state index < -0.39 is 5.97 Å². The number of ether oxygens (including phenoxy) is 5. The molecule has 0 aromatic heterocycles. The predicted molar refractivity (Wildman–Crippen MR) is 127 cm³/mol. The second-order valence-electron chi connectivity index (χ2n) is 6.90. The second-order valence-corrected chi connectivity index (χ2v) is 6.90. The van der Waals surface area contributed by atoms with Crippen molar-refractivity contribution in [1.29, 1.82) is 0 Å². The van der Waals surface area contributed by atoms with Gasteiger partial charge in [0, 0.05) is 6.21 Å². The molecule has 0 aliphatic carbocycles. The van der Waals surface area contributed by atoms with Crippen molar-refractivity contribution < 1.29 is 33.3 Å². The molecule has 0 fully saturated rings. The summed E-state index contributed by atoms with van der Waals surface area (Å²) in [6.45, 7) is 2.09. The van der Waals surface area contributed by atoms with E-state index in [1.54, 1.807) is 61.7 Å². The number of hydrogen-bond donors (Lipinski definition) is 0. The van der Waals surface area contributed by atoms with Crippen molar-refractivity contribution in [3.05, 3.63) is 77.4 Å². The number of esters is 2. The zero-order valence-electron chi connectivity index (χ0n) is 19.4. The Hall–Kier alpha value is -4.33. The summed E-state index contributed by atoms with van der Waals surface area (Å²) < 4.78 is 26.3. The topological polar surface area (TPSA) is 92.7 Å². The standard InChI is InChI=1S/C26H25NO7/c1-5-33-25(28)18-8-10-20(11-9-18)27-16-17-6-12-21(13-7-17)34-26(29)19-14-22(30-2)24(32-4)23(15-19)31-3/h6-16H,5H2,1-4H3. The lowest BCUT2D eigenvalue weighted by molar-refractivity contribution is 0.0526. The van der Waals surface area contributed by atoms with Crippen LogP contribution in [-0.2, 0) is 4.74 Å². The van der Waals surface area contributed by atoms with Gasteiger partial charge >= 0.3 is 11.9 Å². The molecule has 0 heterocycles. The normalized spacial score (nSPS) is 10.6. The highest BCUT2D eigenvalue weighted by molar-refractivity contribution is 5.93. The summed E-state index contributed by atoms with van der Waals surface area (Å²) >= 11 is 0. The zero-order chi connectivity index (χ0) is 24.5. The maximum Gasteiger partial charge on any atom is 0.343 e. The Kier molecular flexibility index (Phi) is 8.23. The number of hydrogen-bond acceptors (Lipinski definition) is 8. The number of carbonyl (C=O) groups excluding carboxylic acids is 2. The molecule has 3 rings (SSSR count). The molecular formula is C26H25NO7. The Labute approximate surface area is 197 Å². The Morgan fingerprint density at radius 2 is 1.41 bits per heavy atom. The number of rotatable bonds is 9. The van der Waals surface area contributed by atoms with E-state index in [0.717, 1.165) is 5.56 Å². The summed E-state index contributed by atoms with van der Waals surface area (Å²) in [5, 5.41) is 0. The van der Waals surface area contributed by atoms with Gasteiger partial charge in [-0.1, -0.05) is 0 Å². The highest BCUT2D eigenvalue weighted by Crippen LogP contribution is 2.38. The van der Waals surface area contributed by atoms with Gasteiger partial charge in [0.25, 0.3) is 0 Å². The average molecular weight is 463 g/mol. The highest BCUT2D eigenvalue weighted by Gasteiger charge is 2.18. The molecule has 0 radical (unpaired) electrons. The Balaban J connectivity index is 1.67. The van der Waals surface area contributed by atoms with E-state index in [2.05, 4.69) is 4.99 Å². The molecule has 0 aliphatic heterocycles. The number of carbonyl (C=O) groups is 2. The first kappa shape index (κ1) is 24.3. The number of aliphatic imine (C=N–C) groups is 1. The summed E-state index contributed by atoms with van der Waals surface area (Å²) in [7, 11) is 4.44. The minimum Gasteiger partial charge on any atom is -0.493 e. The van der Waals surface area contributed by atoms with Gasteiger partial charge in [-0.15, -0.1) is 0 Å². The fourth-order valence-corrected chi connectivity index (χ4v) is 3.03. The van der Waals surface area contributed by atoms with Gasteiger partial charge in [-0.05, 0) is 73.2 Å². The zero-order valence-corrected chi connectivity index (χ0v) is 19.4. The molecule has 0 amide bonds. The third-order valence-corrected chi connectivity index (χ3v) is 4.73. The van der Waals surface area contributed by atoms with Crippen LogP contribution in [-0.4, -0.2) is 46.1 Å². The van der Waals surface area contributed by atoms with Crippen LogP contribution in [0.15, 0.2) is 65.7 Å². The molecule has 0 N–H and O–H groups in total. The van der Waals surface area contributed by atoms with Crippen molar-refractivity contribution >= 4 is 23.8 Å². The molecule has 0 saturated heterocycles. The van der Waals surface area contributed by atoms with Crippen molar-refractivity contribution in [3.8, 4) is 23.0 Å². The number of nitrogens with zero attached hydrogens (tertiary/aromatic N) is 1. The first-order valence-corrected chi connectivity index (χ1v) is 10.4. The van der Waals surface area contributed by atoms with E-state index in [1.807, 2.05) is 0 Å². The van der Waals surface area contributed by atoms with Crippen LogP contribution in [0.1, 0.15) is 33.2 Å². The lowest BCUT2D eigenvalue weighted by Gasteiger charge is -2.13. The lowest BCUT2D eigenvalue weighted by atomic mass is 10.1. The van der Waals surface area contributed by atoms with Crippen molar-refractivity contribution in [2.45, 2.75) is 6.92 Å². The molecule has 3 aromatic carbocycles. The quantitative estimate of drug-likeness (QED) is 0.254. The highest BCUT2D eigenvalue weighted by atomic mass is 16.5. The third kappa shape index (κ3) is 5.92. The van der Waals surface area contributed by atoms with Crippen LogP contribution in [0.25, 0.3) is 0 Å². The Morgan fingerprint density at radius 1 is 0.794 bits per heavy atom. The van der Waals surface area contributed by atoms with Crippen molar-refractivity contribution in [2.24, 2.45) is 4.99 Å². The van der Waals surface area contributed by atoms with Crippen LogP contribution < -0.4 is 18.9 Å². The van der Waals surface area contributed by atoms with Gasteiger partial charge in [0.2, 0.25) is 5.75 Å². The summed E-state index contributed by atoms with van der Waals surface area (Å²) in [6, 6.07) is 16.7. The molecule has 0 aliphatic rings. The summed E-state index contributed by atoms with van der Waals surface area (Å²) in [6.07, 6.45) is 1.67. The van der Waals surface area contributed by atoms with Gasteiger partial charge < -0.3 is 23.7 Å². The molecule has 0 spiro atoms. The minimum absolute atomic E-state index is 0.256. The van der Waals surface area contributed by atoms with Crippen LogP contribution in [0.2, 0.25) is 0 Å². The average Bonchev–Trinajstić information content (AvgIpc) is 2.87. The van der Waals surface area contributed by atoms with Gasteiger partial charge in [-0.2, -0.15) is 0 Å². The van der Waals surface area contributed by atoms with Crippen LogP contribution in [0.5, 0.6) is 23.0 Å². The first-order chi connectivity index (χ1) is 16.5. The second kappa shape index (κ2) is 11.5. The maximum atomic E-state index is 12.6. The molecular weight excluding hydrogens is 438 g/mol. The third-order valence-electron chi connectivity index (χ3n) is 4.73. The molecule has 0 bridgehead atoms. The minimum atomic E-state index is -0.567. The van der Waals surface area contributed by atoms with E-state index in [4.69, 9.17) is 23.7 Å². The van der Waals surface area contributed by atoms with Gasteiger partial charge in [0.05, 0.1) is 44.8 Å². The number of methoxy groups -OCH3 is 3. The Bertz CT molecular complexity index is 1140. The van der Waals surface area contributed by atoms with E-state index in [1.165, 1.54) is 33.5 Å². The maximum absolute atomic E-state index is 12.6. The van der Waals surface area contributed by atoms with E-state index in [-0.39, 0.29) is 11.5 Å². The van der Waals surface area contributed by atoms with Gasteiger partial charge in [-0.3, -0.25) is 4.99 Å². The van der Waals surface area contributed by atoms with Gasteiger partial charge in [-0.25, -0.2) is 9.59 Å².